The molecule has 7 heteroatoms. The molecule has 7 nitrogen and oxygen atoms in total. The maximum Gasteiger partial charge on any atom is 0.328 e. The third-order valence-electron chi connectivity index (χ3n) is 2.62. The van der Waals surface area contributed by atoms with Crippen molar-refractivity contribution >= 4 is 29.7 Å². The molecule has 3 N–H and O–H groups in total. The number of urea groups is 1. The van der Waals surface area contributed by atoms with Crippen molar-refractivity contribution in [3.8, 4) is 5.75 Å². The molecule has 102 valence electrons. The topological polar surface area (TPSA) is 113 Å². The van der Waals surface area contributed by atoms with E-state index >= 15 is 0 Å². The summed E-state index contributed by atoms with van der Waals surface area (Å²) < 4.78 is 0. The van der Waals surface area contributed by atoms with Crippen LogP contribution in [0.1, 0.15) is 5.56 Å². The first-order valence-electron chi connectivity index (χ1n) is 5.64. The van der Waals surface area contributed by atoms with Gasteiger partial charge in [0.05, 0.1) is 0 Å². The second kappa shape index (κ2) is 5.35. The fourth-order valence-corrected chi connectivity index (χ4v) is 1.64. The summed E-state index contributed by atoms with van der Waals surface area (Å²) in [4.78, 5) is 45.5. The van der Waals surface area contributed by atoms with E-state index in [2.05, 4.69) is 0 Å². The van der Waals surface area contributed by atoms with Crippen LogP contribution in [-0.2, 0) is 14.4 Å². The summed E-state index contributed by atoms with van der Waals surface area (Å²) in [6, 6.07) is 5.05. The highest BCUT2D eigenvalue weighted by molar-refractivity contribution is 6.28. The van der Waals surface area contributed by atoms with Crippen LogP contribution in [0.4, 0.5) is 4.79 Å². The Hall–Kier alpha value is -2.96. The predicted molar refractivity (Wildman–Crippen MR) is 67.3 cm³/mol. The molecule has 1 saturated heterocycles. The van der Waals surface area contributed by atoms with Gasteiger partial charge in [-0.3, -0.25) is 25.0 Å². The summed E-state index contributed by atoms with van der Waals surface area (Å²) in [5.41, 5.74) is 0.615. The Morgan fingerprint density at radius 1 is 1.05 bits per heavy atom. The van der Waals surface area contributed by atoms with Gasteiger partial charge < -0.3 is 5.11 Å². The standard InChI is InChI=1S/C13H10N2O5/c16-8-4-1-7(2-5-8)3-6-9(17)10-11(18)14-13(20)15-12(10)19/h1-6,10,16H,(H2,14,15,18,19,20)/b6-3+. The van der Waals surface area contributed by atoms with Crippen molar-refractivity contribution in [2.24, 2.45) is 5.92 Å². The monoisotopic (exact) mass is 274 g/mol. The van der Waals surface area contributed by atoms with Crippen LogP contribution in [0.3, 0.4) is 0 Å². The minimum atomic E-state index is -1.57. The van der Waals surface area contributed by atoms with Crippen molar-refractivity contribution in [3.63, 3.8) is 0 Å². The van der Waals surface area contributed by atoms with E-state index in [0.29, 0.717) is 5.56 Å². The van der Waals surface area contributed by atoms with Gasteiger partial charge in [-0.25, -0.2) is 4.79 Å². The number of hydrogen-bond donors (Lipinski definition) is 3. The van der Waals surface area contributed by atoms with E-state index in [1.807, 2.05) is 10.6 Å². The van der Waals surface area contributed by atoms with Crippen molar-refractivity contribution in [1.82, 2.24) is 10.6 Å². The van der Waals surface area contributed by atoms with E-state index in [1.165, 1.54) is 18.2 Å². The molecule has 1 aliphatic heterocycles. The van der Waals surface area contributed by atoms with Gasteiger partial charge in [-0.15, -0.1) is 0 Å². The molecule has 0 aliphatic carbocycles. The third kappa shape index (κ3) is 2.89. The number of hydrogen-bond acceptors (Lipinski definition) is 5. The molecule has 1 aromatic rings. The first-order chi connectivity index (χ1) is 9.47. The molecule has 1 aliphatic rings. The molecule has 0 atom stereocenters. The second-order valence-electron chi connectivity index (χ2n) is 4.07. The molecule has 0 spiro atoms. The van der Waals surface area contributed by atoms with Crippen molar-refractivity contribution in [2.45, 2.75) is 0 Å². The number of rotatable bonds is 3. The lowest BCUT2D eigenvalue weighted by atomic mass is 9.99. The highest BCUT2D eigenvalue weighted by atomic mass is 16.3. The Bertz CT molecular complexity index is 598. The number of amides is 4. The summed E-state index contributed by atoms with van der Waals surface area (Å²) in [6.07, 6.45) is 2.48. The van der Waals surface area contributed by atoms with Gasteiger partial charge in [0, 0.05) is 0 Å². The lowest BCUT2D eigenvalue weighted by Gasteiger charge is -2.18. The summed E-state index contributed by atoms with van der Waals surface area (Å²) in [5, 5.41) is 12.8. The Balaban J connectivity index is 2.11. The lowest BCUT2D eigenvalue weighted by molar-refractivity contribution is -0.140. The van der Waals surface area contributed by atoms with Gasteiger partial charge in [0.2, 0.25) is 11.8 Å². The number of carbonyl (C=O) groups is 4. The number of aromatic hydroxyl groups is 1. The van der Waals surface area contributed by atoms with Gasteiger partial charge >= 0.3 is 6.03 Å². The zero-order valence-electron chi connectivity index (χ0n) is 10.1. The molecule has 0 aromatic heterocycles. The predicted octanol–water partition coefficient (Wildman–Crippen LogP) is -0.0433. The van der Waals surface area contributed by atoms with Gasteiger partial charge in [0.1, 0.15) is 5.75 Å². The average molecular weight is 274 g/mol. The molecule has 0 bridgehead atoms. The number of allylic oxidation sites excluding steroid dienone is 1. The molecular formula is C13H10N2O5. The van der Waals surface area contributed by atoms with Gasteiger partial charge in [-0.1, -0.05) is 18.2 Å². The van der Waals surface area contributed by atoms with E-state index in [-0.39, 0.29) is 5.75 Å². The summed E-state index contributed by atoms with van der Waals surface area (Å²) in [7, 11) is 0. The average Bonchev–Trinajstić information content (AvgIpc) is 2.37. The zero-order chi connectivity index (χ0) is 14.7. The van der Waals surface area contributed by atoms with Crippen molar-refractivity contribution in [3.05, 3.63) is 35.9 Å². The number of phenolic OH excluding ortho intramolecular Hbond substituents is 1. The number of phenols is 1. The fourth-order valence-electron chi connectivity index (χ4n) is 1.64. The molecule has 0 unspecified atom stereocenters. The zero-order valence-corrected chi connectivity index (χ0v) is 10.1. The molecule has 4 amide bonds. The van der Waals surface area contributed by atoms with Crippen molar-refractivity contribution in [2.75, 3.05) is 0 Å². The van der Waals surface area contributed by atoms with Crippen molar-refractivity contribution < 1.29 is 24.3 Å². The maximum absolute atomic E-state index is 11.8. The van der Waals surface area contributed by atoms with Crippen LogP contribution in [0.15, 0.2) is 30.3 Å². The first-order valence-corrected chi connectivity index (χ1v) is 5.64. The van der Waals surface area contributed by atoms with Gasteiger partial charge in [-0.2, -0.15) is 0 Å². The number of carbonyl (C=O) groups excluding carboxylic acids is 4. The normalized spacial score (nSPS) is 16.1. The van der Waals surface area contributed by atoms with Gasteiger partial charge in [0.25, 0.3) is 0 Å². The van der Waals surface area contributed by atoms with Crippen LogP contribution in [0, 0.1) is 5.92 Å². The highest BCUT2D eigenvalue weighted by Crippen LogP contribution is 2.12. The van der Waals surface area contributed by atoms with Crippen LogP contribution in [0.2, 0.25) is 0 Å². The van der Waals surface area contributed by atoms with Crippen LogP contribution >= 0.6 is 0 Å². The Labute approximate surface area is 113 Å². The van der Waals surface area contributed by atoms with E-state index in [0.717, 1.165) is 6.08 Å². The molecule has 1 fully saturated rings. The first kappa shape index (κ1) is 13.5. The summed E-state index contributed by atoms with van der Waals surface area (Å²) in [5.74, 6) is -4.11. The van der Waals surface area contributed by atoms with Crippen LogP contribution in [0.25, 0.3) is 6.08 Å². The Morgan fingerprint density at radius 3 is 2.15 bits per heavy atom. The van der Waals surface area contributed by atoms with E-state index < -0.39 is 29.5 Å². The van der Waals surface area contributed by atoms with Crippen LogP contribution in [0.5, 0.6) is 5.75 Å². The van der Waals surface area contributed by atoms with E-state index in [9.17, 15) is 19.2 Å². The smallest absolute Gasteiger partial charge is 0.328 e. The SMILES string of the molecule is O=C1NC(=O)C(C(=O)/C=C/c2ccc(O)cc2)C(=O)N1. The van der Waals surface area contributed by atoms with Crippen LogP contribution < -0.4 is 10.6 Å². The summed E-state index contributed by atoms with van der Waals surface area (Å²) >= 11 is 0. The molecule has 0 radical (unpaired) electrons. The van der Waals surface area contributed by atoms with Gasteiger partial charge in [-0.05, 0) is 23.8 Å². The maximum atomic E-state index is 11.8. The Morgan fingerprint density at radius 2 is 1.60 bits per heavy atom. The third-order valence-corrected chi connectivity index (χ3v) is 2.62. The Kier molecular flexibility index (Phi) is 3.60. The number of benzene rings is 1. The lowest BCUT2D eigenvalue weighted by Crippen LogP contribution is -2.57. The molecule has 1 heterocycles. The second-order valence-corrected chi connectivity index (χ2v) is 4.07. The fraction of sp³-hybridized carbons (Fsp3) is 0.0769. The molecule has 2 rings (SSSR count). The van der Waals surface area contributed by atoms with E-state index in [1.54, 1.807) is 12.1 Å². The molecule has 1 aromatic carbocycles. The van der Waals surface area contributed by atoms with Crippen molar-refractivity contribution in [1.29, 1.82) is 0 Å². The highest BCUT2D eigenvalue weighted by Gasteiger charge is 2.38. The number of ketones is 1. The number of nitrogens with one attached hydrogen (secondary N) is 2. The molecule has 0 saturated carbocycles. The molecule has 20 heavy (non-hydrogen) atoms. The van der Waals surface area contributed by atoms with E-state index in [4.69, 9.17) is 5.11 Å². The van der Waals surface area contributed by atoms with Gasteiger partial charge in [0.15, 0.2) is 11.7 Å². The van der Waals surface area contributed by atoms with Crippen LogP contribution in [-0.4, -0.2) is 28.7 Å². The number of imide groups is 2. The molecular weight excluding hydrogens is 264 g/mol. The number of barbiturate groups is 1. The minimum Gasteiger partial charge on any atom is -0.508 e. The largest absolute Gasteiger partial charge is 0.508 e. The minimum absolute atomic E-state index is 0.0815. The quantitative estimate of drug-likeness (QED) is 0.528. The summed E-state index contributed by atoms with van der Waals surface area (Å²) in [6.45, 7) is 0.